The number of nitrogen functional groups attached to an aromatic ring is 1. The van der Waals surface area contributed by atoms with Crippen molar-refractivity contribution in [3.05, 3.63) is 10.5 Å². The molecule has 0 amide bonds. The van der Waals surface area contributed by atoms with Crippen LogP contribution in [0.15, 0.2) is 4.79 Å². The van der Waals surface area contributed by atoms with Crippen LogP contribution in [0.4, 0.5) is 5.82 Å². The third-order valence-corrected chi connectivity index (χ3v) is 5.68. The first-order valence-corrected chi connectivity index (χ1v) is 10.9. The maximum atomic E-state index is 12.4. The van der Waals surface area contributed by atoms with Gasteiger partial charge in [0.1, 0.15) is 5.52 Å². The van der Waals surface area contributed by atoms with Crippen LogP contribution in [0.3, 0.4) is 0 Å². The third-order valence-electron chi connectivity index (χ3n) is 5.68. The quantitative estimate of drug-likeness (QED) is 0.617. The van der Waals surface area contributed by atoms with Gasteiger partial charge in [-0.2, -0.15) is 9.97 Å². The van der Waals surface area contributed by atoms with E-state index in [2.05, 4.69) is 35.7 Å². The number of aryl methyl sites for hydroxylation is 1. The second kappa shape index (κ2) is 9.15. The summed E-state index contributed by atoms with van der Waals surface area (Å²) in [5.41, 5.74) is 6.83. The van der Waals surface area contributed by atoms with Crippen LogP contribution in [0.1, 0.15) is 72.6 Å². The fourth-order valence-electron chi connectivity index (χ4n) is 4.24. The molecular formula is C21H35N5O3. The normalized spacial score (nSPS) is 20.1. The molecule has 1 aliphatic rings. The molecule has 162 valence electrons. The van der Waals surface area contributed by atoms with E-state index < -0.39 is 0 Å². The third kappa shape index (κ3) is 5.50. The molecule has 2 aromatic rings. The van der Waals surface area contributed by atoms with Crippen LogP contribution in [0.25, 0.3) is 11.2 Å². The van der Waals surface area contributed by atoms with Crippen LogP contribution >= 0.6 is 0 Å². The zero-order chi connectivity index (χ0) is 21.0. The van der Waals surface area contributed by atoms with Crippen molar-refractivity contribution in [2.24, 2.45) is 5.92 Å². The van der Waals surface area contributed by atoms with Crippen LogP contribution < -0.4 is 16.2 Å². The molecule has 3 heterocycles. The van der Waals surface area contributed by atoms with Crippen molar-refractivity contribution < 1.29 is 9.47 Å². The number of nitrogens with two attached hydrogens (primary N) is 1. The van der Waals surface area contributed by atoms with Crippen LogP contribution in [0, 0.1) is 5.92 Å². The minimum Gasteiger partial charge on any atom is -0.460 e. The lowest BCUT2D eigenvalue weighted by Crippen LogP contribution is -2.33. The molecule has 1 fully saturated rings. The number of H-pyrrole nitrogens is 1. The molecule has 0 aromatic carbocycles. The number of anilines is 1. The standard InChI is InChI=1S/C21H35N5O3/c1-5-8-14(2)29-19-24-17(22)16-18(25-19)26(20(27)23-16)11-7-6-9-15-10-12-28-21(3,4)13-15/h14-15H,5-13H2,1-4H3,(H,23,27)(H2,22,24,25)/t14-,15?/m0/s1. The van der Waals surface area contributed by atoms with Gasteiger partial charge in [-0.25, -0.2) is 4.79 Å². The Labute approximate surface area is 172 Å². The van der Waals surface area contributed by atoms with E-state index in [0.29, 0.717) is 23.6 Å². The molecule has 8 nitrogen and oxygen atoms in total. The molecule has 0 radical (unpaired) electrons. The van der Waals surface area contributed by atoms with Crippen molar-refractivity contribution in [3.63, 3.8) is 0 Å². The molecule has 2 aromatic heterocycles. The van der Waals surface area contributed by atoms with E-state index in [1.54, 1.807) is 4.57 Å². The number of nitrogens with one attached hydrogen (secondary N) is 1. The molecule has 0 saturated carbocycles. The Morgan fingerprint density at radius 1 is 1.38 bits per heavy atom. The van der Waals surface area contributed by atoms with Crippen LogP contribution in [0.2, 0.25) is 0 Å². The second-order valence-corrected chi connectivity index (χ2v) is 8.85. The summed E-state index contributed by atoms with van der Waals surface area (Å²) in [6.07, 6.45) is 7.28. The molecule has 3 rings (SSSR count). The Kier molecular flexibility index (Phi) is 6.82. The summed E-state index contributed by atoms with van der Waals surface area (Å²) in [5.74, 6) is 0.936. The molecule has 1 saturated heterocycles. The molecule has 0 spiro atoms. The molecule has 2 atom stereocenters. The lowest BCUT2D eigenvalue weighted by molar-refractivity contribution is -0.0738. The van der Waals surface area contributed by atoms with E-state index in [1.807, 2.05) is 6.92 Å². The Balaban J connectivity index is 1.64. The Morgan fingerprint density at radius 2 is 2.17 bits per heavy atom. The van der Waals surface area contributed by atoms with Crippen molar-refractivity contribution in [1.29, 1.82) is 0 Å². The van der Waals surface area contributed by atoms with Crippen molar-refractivity contribution >= 4 is 17.0 Å². The zero-order valence-corrected chi connectivity index (χ0v) is 18.2. The molecule has 0 aliphatic carbocycles. The predicted octanol–water partition coefficient (Wildman–Crippen LogP) is 3.64. The molecule has 3 N–H and O–H groups in total. The number of nitrogens with zero attached hydrogens (tertiary/aromatic N) is 3. The van der Waals surface area contributed by atoms with E-state index in [9.17, 15) is 4.79 Å². The molecular weight excluding hydrogens is 370 g/mol. The first-order valence-electron chi connectivity index (χ1n) is 10.9. The summed E-state index contributed by atoms with van der Waals surface area (Å²) in [4.78, 5) is 23.9. The van der Waals surface area contributed by atoms with E-state index >= 15 is 0 Å². The number of hydrogen-bond acceptors (Lipinski definition) is 6. The van der Waals surface area contributed by atoms with Gasteiger partial charge < -0.3 is 20.2 Å². The van der Waals surface area contributed by atoms with Gasteiger partial charge in [-0.3, -0.25) is 4.57 Å². The molecule has 1 aliphatic heterocycles. The van der Waals surface area contributed by atoms with Gasteiger partial charge in [0.05, 0.1) is 11.7 Å². The van der Waals surface area contributed by atoms with Crippen molar-refractivity contribution in [1.82, 2.24) is 19.5 Å². The number of aromatic nitrogens is 4. The van der Waals surface area contributed by atoms with Crippen LogP contribution in [-0.2, 0) is 11.3 Å². The number of aromatic amines is 1. The highest BCUT2D eigenvalue weighted by molar-refractivity contribution is 5.81. The summed E-state index contributed by atoms with van der Waals surface area (Å²) in [5, 5.41) is 0. The molecule has 1 unspecified atom stereocenters. The number of rotatable bonds is 9. The summed E-state index contributed by atoms with van der Waals surface area (Å²) < 4.78 is 13.2. The van der Waals surface area contributed by atoms with Gasteiger partial charge in [-0.15, -0.1) is 0 Å². The summed E-state index contributed by atoms with van der Waals surface area (Å²) in [6, 6.07) is 0.230. The molecule has 8 heteroatoms. The van der Waals surface area contributed by atoms with Gasteiger partial charge in [0.2, 0.25) is 0 Å². The predicted molar refractivity (Wildman–Crippen MR) is 114 cm³/mol. The highest BCUT2D eigenvalue weighted by atomic mass is 16.5. The lowest BCUT2D eigenvalue weighted by atomic mass is 9.85. The van der Waals surface area contributed by atoms with Gasteiger partial charge in [0.25, 0.3) is 0 Å². The molecule has 29 heavy (non-hydrogen) atoms. The molecule has 0 bridgehead atoms. The number of hydrogen-bond donors (Lipinski definition) is 2. The smallest absolute Gasteiger partial charge is 0.327 e. The van der Waals surface area contributed by atoms with Gasteiger partial charge in [-0.05, 0) is 52.4 Å². The van der Waals surface area contributed by atoms with Gasteiger partial charge in [-0.1, -0.05) is 26.2 Å². The Hall–Kier alpha value is -2.09. The number of fused-ring (bicyclic) bond motifs is 1. The number of imidazole rings is 1. The highest BCUT2D eigenvalue weighted by Gasteiger charge is 2.28. The average molecular weight is 406 g/mol. The SMILES string of the molecule is CCC[C@H](C)Oc1nc(N)c2[nH]c(=O)n(CCCCC3CCOC(C)(C)C3)c2n1. The highest BCUT2D eigenvalue weighted by Crippen LogP contribution is 2.31. The maximum absolute atomic E-state index is 12.4. The summed E-state index contributed by atoms with van der Waals surface area (Å²) in [7, 11) is 0. The Morgan fingerprint density at radius 3 is 2.90 bits per heavy atom. The summed E-state index contributed by atoms with van der Waals surface area (Å²) >= 11 is 0. The number of ether oxygens (including phenoxy) is 2. The monoisotopic (exact) mass is 405 g/mol. The number of unbranched alkanes of at least 4 members (excludes halogenated alkanes) is 1. The maximum Gasteiger partial charge on any atom is 0.327 e. The second-order valence-electron chi connectivity index (χ2n) is 8.85. The van der Waals surface area contributed by atoms with Crippen molar-refractivity contribution in [2.45, 2.75) is 90.9 Å². The minimum atomic E-state index is -0.202. The summed E-state index contributed by atoms with van der Waals surface area (Å²) in [6.45, 7) is 9.85. The van der Waals surface area contributed by atoms with E-state index in [4.69, 9.17) is 15.2 Å². The van der Waals surface area contributed by atoms with Crippen LogP contribution in [0.5, 0.6) is 6.01 Å². The minimum absolute atomic E-state index is 0.000290. The first kappa shape index (κ1) is 21.6. The van der Waals surface area contributed by atoms with Crippen molar-refractivity contribution in [2.75, 3.05) is 12.3 Å². The van der Waals surface area contributed by atoms with E-state index in [1.165, 1.54) is 0 Å². The van der Waals surface area contributed by atoms with E-state index in [-0.39, 0.29) is 29.2 Å². The fraction of sp³-hybridized carbons (Fsp3) is 0.762. The fourth-order valence-corrected chi connectivity index (χ4v) is 4.24. The Bertz CT molecular complexity index is 873. The van der Waals surface area contributed by atoms with Crippen LogP contribution in [-0.4, -0.2) is 37.8 Å². The van der Waals surface area contributed by atoms with Gasteiger partial charge in [0, 0.05) is 13.2 Å². The van der Waals surface area contributed by atoms with Crippen molar-refractivity contribution in [3.8, 4) is 6.01 Å². The first-order chi connectivity index (χ1) is 13.8. The van der Waals surface area contributed by atoms with Gasteiger partial charge in [0.15, 0.2) is 11.5 Å². The zero-order valence-electron chi connectivity index (χ0n) is 18.2. The largest absolute Gasteiger partial charge is 0.460 e. The topological polar surface area (TPSA) is 108 Å². The van der Waals surface area contributed by atoms with Gasteiger partial charge >= 0.3 is 11.7 Å². The van der Waals surface area contributed by atoms with E-state index in [0.717, 1.165) is 51.6 Å². The average Bonchev–Trinajstić information content (AvgIpc) is 2.94. The lowest BCUT2D eigenvalue weighted by Gasteiger charge is -2.35.